The molecular weight excluding hydrogens is 366 g/mol. The first-order chi connectivity index (χ1) is 13.7. The minimum atomic E-state index is -0.392. The van der Waals surface area contributed by atoms with Crippen molar-refractivity contribution in [3.8, 4) is 0 Å². The fraction of sp³-hybridized carbons (Fsp3) is 0.773. The summed E-state index contributed by atoms with van der Waals surface area (Å²) >= 11 is 0. The van der Waals surface area contributed by atoms with Crippen LogP contribution < -0.4 is 4.90 Å². The minimum absolute atomic E-state index is 0.0617. The van der Waals surface area contributed by atoms with Crippen molar-refractivity contribution in [2.75, 3.05) is 44.2 Å². The Balaban J connectivity index is 1.32. The summed E-state index contributed by atoms with van der Waals surface area (Å²) < 4.78 is 0. The predicted octanol–water partition coefficient (Wildman–Crippen LogP) is 2.39. The molecule has 7 heteroatoms. The van der Waals surface area contributed by atoms with Crippen molar-refractivity contribution >= 4 is 17.6 Å². The molecule has 3 aliphatic rings. The molecule has 29 heavy (non-hydrogen) atoms. The lowest BCUT2D eigenvalue weighted by molar-refractivity contribution is -0.145. The maximum Gasteiger partial charge on any atom is 0.227 e. The number of H-pyrrole nitrogens is 1. The summed E-state index contributed by atoms with van der Waals surface area (Å²) in [4.78, 5) is 31.9. The van der Waals surface area contributed by atoms with E-state index >= 15 is 0 Å². The van der Waals surface area contributed by atoms with Crippen molar-refractivity contribution in [2.24, 2.45) is 11.3 Å². The van der Waals surface area contributed by atoms with E-state index in [2.05, 4.69) is 28.1 Å². The molecule has 2 aliphatic heterocycles. The van der Waals surface area contributed by atoms with Crippen LogP contribution in [0.25, 0.3) is 0 Å². The molecule has 0 radical (unpaired) electrons. The lowest BCUT2D eigenvalue weighted by atomic mass is 9.90. The molecule has 0 aromatic carbocycles. The minimum Gasteiger partial charge on any atom is -0.352 e. The van der Waals surface area contributed by atoms with Gasteiger partial charge >= 0.3 is 0 Å². The third-order valence-electron chi connectivity index (χ3n) is 6.83. The lowest BCUT2D eigenvalue weighted by Crippen LogP contribution is -2.54. The Labute approximate surface area is 173 Å². The van der Waals surface area contributed by atoms with Crippen molar-refractivity contribution in [3.63, 3.8) is 0 Å². The van der Waals surface area contributed by atoms with Gasteiger partial charge in [0.25, 0.3) is 0 Å². The SMILES string of the molecule is CC(C)(C)C(=O)N1CCC[C@@H](C(=O)N2CCN(c3cc(C4(C)CC4)[nH]n3)CC2)C1. The number of piperazine rings is 1. The summed E-state index contributed by atoms with van der Waals surface area (Å²) in [6, 6.07) is 2.18. The molecule has 160 valence electrons. The van der Waals surface area contributed by atoms with Gasteiger partial charge in [0.15, 0.2) is 5.82 Å². The van der Waals surface area contributed by atoms with Crippen LogP contribution in [0.2, 0.25) is 0 Å². The van der Waals surface area contributed by atoms with Crippen molar-refractivity contribution in [3.05, 3.63) is 11.8 Å². The number of nitrogens with one attached hydrogen (secondary N) is 1. The predicted molar refractivity (Wildman–Crippen MR) is 113 cm³/mol. The third-order valence-corrected chi connectivity index (χ3v) is 6.83. The van der Waals surface area contributed by atoms with Gasteiger partial charge < -0.3 is 14.7 Å². The first-order valence-electron chi connectivity index (χ1n) is 11.1. The Kier molecular flexibility index (Phi) is 5.11. The highest BCUT2D eigenvalue weighted by Crippen LogP contribution is 2.47. The zero-order valence-electron chi connectivity index (χ0n) is 18.3. The first-order valence-corrected chi connectivity index (χ1v) is 11.1. The van der Waals surface area contributed by atoms with Gasteiger partial charge in [0, 0.05) is 61.9 Å². The van der Waals surface area contributed by atoms with Gasteiger partial charge in [-0.2, -0.15) is 5.10 Å². The highest BCUT2D eigenvalue weighted by molar-refractivity contribution is 5.84. The monoisotopic (exact) mass is 401 g/mol. The van der Waals surface area contributed by atoms with Crippen LogP contribution in [0.4, 0.5) is 5.82 Å². The van der Waals surface area contributed by atoms with Gasteiger partial charge in [-0.1, -0.05) is 27.7 Å². The van der Waals surface area contributed by atoms with Crippen LogP contribution in [0.15, 0.2) is 6.07 Å². The highest BCUT2D eigenvalue weighted by atomic mass is 16.2. The Hall–Kier alpha value is -2.05. The van der Waals surface area contributed by atoms with Crippen molar-refractivity contribution in [1.29, 1.82) is 0 Å². The van der Waals surface area contributed by atoms with Crippen LogP contribution in [0, 0.1) is 11.3 Å². The number of rotatable bonds is 3. The van der Waals surface area contributed by atoms with Crippen LogP contribution in [-0.4, -0.2) is 71.1 Å². The van der Waals surface area contributed by atoms with Crippen LogP contribution in [0.3, 0.4) is 0 Å². The van der Waals surface area contributed by atoms with E-state index in [9.17, 15) is 9.59 Å². The molecule has 0 bridgehead atoms. The van der Waals surface area contributed by atoms with Gasteiger partial charge in [0.1, 0.15) is 0 Å². The molecule has 2 amide bonds. The molecule has 1 aliphatic carbocycles. The Morgan fingerprint density at radius 1 is 1.10 bits per heavy atom. The molecule has 1 aromatic heterocycles. The number of nitrogens with zero attached hydrogens (tertiary/aromatic N) is 4. The fourth-order valence-electron chi connectivity index (χ4n) is 4.49. The second-order valence-corrected chi connectivity index (χ2v) is 10.4. The van der Waals surface area contributed by atoms with Gasteiger partial charge in [0.05, 0.1) is 5.92 Å². The van der Waals surface area contributed by atoms with Crippen molar-refractivity contribution < 1.29 is 9.59 Å². The second-order valence-electron chi connectivity index (χ2n) is 10.4. The smallest absolute Gasteiger partial charge is 0.227 e. The quantitative estimate of drug-likeness (QED) is 0.844. The highest BCUT2D eigenvalue weighted by Gasteiger charge is 2.41. The van der Waals surface area contributed by atoms with Crippen LogP contribution in [0.1, 0.15) is 59.1 Å². The molecule has 3 fully saturated rings. The van der Waals surface area contributed by atoms with Gasteiger partial charge in [-0.3, -0.25) is 14.7 Å². The lowest BCUT2D eigenvalue weighted by Gasteiger charge is -2.40. The normalized spacial score (nSPS) is 24.6. The molecule has 1 aromatic rings. The maximum absolute atomic E-state index is 13.1. The molecule has 1 N–H and O–H groups in total. The van der Waals surface area contributed by atoms with Gasteiger partial charge in [-0.05, 0) is 25.7 Å². The number of anilines is 1. The third kappa shape index (κ3) is 4.14. The number of hydrogen-bond acceptors (Lipinski definition) is 4. The number of carbonyl (C=O) groups is 2. The summed E-state index contributed by atoms with van der Waals surface area (Å²) in [6.07, 6.45) is 4.25. The van der Waals surface area contributed by atoms with Crippen molar-refractivity contribution in [2.45, 2.75) is 58.8 Å². The van der Waals surface area contributed by atoms with E-state index in [1.165, 1.54) is 18.5 Å². The molecule has 2 saturated heterocycles. The number of piperidine rings is 1. The topological polar surface area (TPSA) is 72.5 Å². The number of aromatic nitrogens is 2. The van der Waals surface area contributed by atoms with Gasteiger partial charge in [-0.25, -0.2) is 0 Å². The van der Waals surface area contributed by atoms with E-state index in [4.69, 9.17) is 0 Å². The average molecular weight is 402 g/mol. The van der Waals surface area contributed by atoms with Gasteiger partial charge in [0.2, 0.25) is 11.8 Å². The fourth-order valence-corrected chi connectivity index (χ4v) is 4.49. The molecule has 0 spiro atoms. The van der Waals surface area contributed by atoms with E-state index in [1.807, 2.05) is 30.6 Å². The summed E-state index contributed by atoms with van der Waals surface area (Å²) in [6.45, 7) is 12.5. The molecular formula is C22H35N5O2. The summed E-state index contributed by atoms with van der Waals surface area (Å²) in [5.41, 5.74) is 1.13. The zero-order chi connectivity index (χ0) is 20.8. The molecule has 4 rings (SSSR count). The number of likely N-dealkylation sites (tertiary alicyclic amines) is 1. The van der Waals surface area contributed by atoms with E-state index in [1.54, 1.807) is 0 Å². The molecule has 0 unspecified atom stereocenters. The Morgan fingerprint density at radius 3 is 2.41 bits per heavy atom. The number of amides is 2. The number of aromatic amines is 1. The van der Waals surface area contributed by atoms with Crippen LogP contribution >= 0.6 is 0 Å². The van der Waals surface area contributed by atoms with Crippen molar-refractivity contribution in [1.82, 2.24) is 20.0 Å². The number of carbonyl (C=O) groups excluding carboxylic acids is 2. The first kappa shape index (κ1) is 20.2. The standard InChI is InChI=1S/C22H35N5O2/c1-21(2,3)20(29)27-9-5-6-16(15-27)19(28)26-12-10-25(11-13-26)18-14-17(23-24-18)22(4)7-8-22/h14,16H,5-13,15H2,1-4H3,(H,23,24)/t16-/m1/s1. The number of hydrogen-bond donors (Lipinski definition) is 1. The molecule has 7 nitrogen and oxygen atoms in total. The molecule has 3 heterocycles. The average Bonchev–Trinajstić information content (AvgIpc) is 3.26. The van der Waals surface area contributed by atoms with Crippen LogP contribution in [0.5, 0.6) is 0 Å². The van der Waals surface area contributed by atoms with E-state index in [0.29, 0.717) is 12.0 Å². The summed E-state index contributed by atoms with van der Waals surface area (Å²) in [5, 5.41) is 7.72. The van der Waals surface area contributed by atoms with E-state index < -0.39 is 5.41 Å². The van der Waals surface area contributed by atoms with Crippen LogP contribution in [-0.2, 0) is 15.0 Å². The molecule has 1 saturated carbocycles. The van der Waals surface area contributed by atoms with E-state index in [0.717, 1.165) is 51.4 Å². The second kappa shape index (κ2) is 7.33. The zero-order valence-corrected chi connectivity index (χ0v) is 18.3. The summed E-state index contributed by atoms with van der Waals surface area (Å²) in [7, 11) is 0. The Morgan fingerprint density at radius 2 is 1.79 bits per heavy atom. The van der Waals surface area contributed by atoms with E-state index in [-0.39, 0.29) is 17.7 Å². The summed E-state index contributed by atoms with van der Waals surface area (Å²) in [5.74, 6) is 1.30. The maximum atomic E-state index is 13.1. The Bertz CT molecular complexity index is 768. The largest absolute Gasteiger partial charge is 0.352 e. The molecule has 1 atom stereocenters. The van der Waals surface area contributed by atoms with Gasteiger partial charge in [-0.15, -0.1) is 0 Å².